The standard InChI is InChI=1S/C18H28N2O5S/c1-18(2,3)25-17(21)20-9-7-13(8-10-20)12-24-16-6-5-14(11-15(16)19)26(4,22)23/h5-6,11,13H,7-10,12,19H2,1-4H3. The highest BCUT2D eigenvalue weighted by atomic mass is 32.2. The first-order valence-corrected chi connectivity index (χ1v) is 10.5. The molecule has 1 aliphatic rings. The summed E-state index contributed by atoms with van der Waals surface area (Å²) in [5.41, 5.74) is 5.71. The van der Waals surface area contributed by atoms with Gasteiger partial charge in [-0.1, -0.05) is 0 Å². The Labute approximate surface area is 155 Å². The third kappa shape index (κ3) is 5.79. The second kappa shape index (κ2) is 7.73. The van der Waals surface area contributed by atoms with Gasteiger partial charge in [0.15, 0.2) is 9.84 Å². The predicted octanol–water partition coefficient (Wildman–Crippen LogP) is 2.70. The van der Waals surface area contributed by atoms with Crippen LogP contribution in [0.15, 0.2) is 23.1 Å². The number of piperidine rings is 1. The molecule has 0 spiro atoms. The molecular formula is C18H28N2O5S. The lowest BCUT2D eigenvalue weighted by atomic mass is 9.98. The van der Waals surface area contributed by atoms with Gasteiger partial charge in [0, 0.05) is 19.3 Å². The van der Waals surface area contributed by atoms with E-state index in [4.69, 9.17) is 15.2 Å². The molecule has 1 saturated heterocycles. The molecule has 146 valence electrons. The molecule has 0 bridgehead atoms. The predicted molar refractivity (Wildman–Crippen MR) is 100.0 cm³/mol. The lowest BCUT2D eigenvalue weighted by Gasteiger charge is -2.33. The van der Waals surface area contributed by atoms with Crippen LogP contribution >= 0.6 is 0 Å². The molecule has 1 aliphatic heterocycles. The van der Waals surface area contributed by atoms with Crippen molar-refractivity contribution in [3.05, 3.63) is 18.2 Å². The molecule has 1 aromatic carbocycles. The van der Waals surface area contributed by atoms with Gasteiger partial charge in [-0.2, -0.15) is 0 Å². The van der Waals surface area contributed by atoms with Crippen molar-refractivity contribution in [2.24, 2.45) is 5.92 Å². The molecule has 2 N–H and O–H groups in total. The number of hydrogen-bond donors (Lipinski definition) is 1. The van der Waals surface area contributed by atoms with Crippen LogP contribution in [0.2, 0.25) is 0 Å². The van der Waals surface area contributed by atoms with E-state index in [1.54, 1.807) is 11.0 Å². The highest BCUT2D eigenvalue weighted by Gasteiger charge is 2.27. The van der Waals surface area contributed by atoms with Crippen LogP contribution in [-0.4, -0.2) is 51.0 Å². The van der Waals surface area contributed by atoms with Gasteiger partial charge in [0.1, 0.15) is 11.4 Å². The Kier molecular flexibility index (Phi) is 6.05. The fourth-order valence-electron chi connectivity index (χ4n) is 2.70. The summed E-state index contributed by atoms with van der Waals surface area (Å²) < 4.78 is 34.2. The minimum atomic E-state index is -3.29. The van der Waals surface area contributed by atoms with E-state index in [1.807, 2.05) is 20.8 Å². The molecule has 0 aromatic heterocycles. The first-order valence-electron chi connectivity index (χ1n) is 8.66. The number of carbonyl (C=O) groups is 1. The van der Waals surface area contributed by atoms with Gasteiger partial charge in [-0.15, -0.1) is 0 Å². The van der Waals surface area contributed by atoms with Crippen LogP contribution in [0.5, 0.6) is 5.75 Å². The van der Waals surface area contributed by atoms with Crippen molar-refractivity contribution in [1.82, 2.24) is 4.90 Å². The van der Waals surface area contributed by atoms with Crippen molar-refractivity contribution in [2.75, 3.05) is 31.7 Å². The van der Waals surface area contributed by atoms with Crippen molar-refractivity contribution in [3.8, 4) is 5.75 Å². The van der Waals surface area contributed by atoms with E-state index < -0.39 is 15.4 Å². The summed E-state index contributed by atoms with van der Waals surface area (Å²) in [6.45, 7) is 7.29. The van der Waals surface area contributed by atoms with Crippen molar-refractivity contribution < 1.29 is 22.7 Å². The smallest absolute Gasteiger partial charge is 0.410 e. The topological polar surface area (TPSA) is 98.9 Å². The van der Waals surface area contributed by atoms with Gasteiger partial charge in [-0.25, -0.2) is 13.2 Å². The van der Waals surface area contributed by atoms with Crippen molar-refractivity contribution in [3.63, 3.8) is 0 Å². The van der Waals surface area contributed by atoms with Gasteiger partial charge in [-0.05, 0) is 57.7 Å². The number of hydrogen-bond acceptors (Lipinski definition) is 6. The highest BCUT2D eigenvalue weighted by Crippen LogP contribution is 2.27. The summed E-state index contributed by atoms with van der Waals surface area (Å²) >= 11 is 0. The van der Waals surface area contributed by atoms with E-state index in [-0.39, 0.29) is 11.0 Å². The fourth-order valence-corrected chi connectivity index (χ4v) is 3.36. The van der Waals surface area contributed by atoms with Crippen molar-refractivity contribution in [1.29, 1.82) is 0 Å². The highest BCUT2D eigenvalue weighted by molar-refractivity contribution is 7.90. The van der Waals surface area contributed by atoms with Crippen molar-refractivity contribution in [2.45, 2.75) is 44.1 Å². The summed E-state index contributed by atoms with van der Waals surface area (Å²) in [6, 6.07) is 4.49. The van der Waals surface area contributed by atoms with E-state index in [0.717, 1.165) is 19.1 Å². The molecule has 1 heterocycles. The summed E-state index contributed by atoms with van der Waals surface area (Å²) in [6.07, 6.45) is 2.50. The number of nitrogen functional groups attached to an aromatic ring is 1. The minimum absolute atomic E-state index is 0.174. The largest absolute Gasteiger partial charge is 0.491 e. The van der Waals surface area contributed by atoms with Gasteiger partial charge in [0.2, 0.25) is 0 Å². The molecule has 0 saturated carbocycles. The van der Waals surface area contributed by atoms with Gasteiger partial charge < -0.3 is 20.1 Å². The van der Waals surface area contributed by atoms with E-state index in [2.05, 4.69) is 0 Å². The van der Waals surface area contributed by atoms with E-state index in [9.17, 15) is 13.2 Å². The van der Waals surface area contributed by atoms with Crippen LogP contribution in [0.4, 0.5) is 10.5 Å². The number of likely N-dealkylation sites (tertiary alicyclic amines) is 1. The first-order chi connectivity index (χ1) is 12.0. The Morgan fingerprint density at radius 2 is 1.88 bits per heavy atom. The Balaban J connectivity index is 1.84. The number of carbonyl (C=O) groups excluding carboxylic acids is 1. The zero-order valence-electron chi connectivity index (χ0n) is 15.8. The number of nitrogens with two attached hydrogens (primary N) is 1. The number of nitrogens with zero attached hydrogens (tertiary/aromatic N) is 1. The minimum Gasteiger partial charge on any atom is -0.491 e. The average Bonchev–Trinajstić information content (AvgIpc) is 2.51. The molecule has 0 unspecified atom stereocenters. The summed E-state index contributed by atoms with van der Waals surface area (Å²) in [4.78, 5) is 14.0. The first kappa shape index (κ1) is 20.4. The fraction of sp³-hybridized carbons (Fsp3) is 0.611. The van der Waals surface area contributed by atoms with Crippen LogP contribution in [0.1, 0.15) is 33.6 Å². The number of amides is 1. The Morgan fingerprint density at radius 1 is 1.27 bits per heavy atom. The van der Waals surface area contributed by atoms with Gasteiger partial charge >= 0.3 is 6.09 Å². The van der Waals surface area contributed by atoms with Crippen LogP contribution in [0.3, 0.4) is 0 Å². The van der Waals surface area contributed by atoms with E-state index >= 15 is 0 Å². The molecule has 8 heteroatoms. The summed E-state index contributed by atoms with van der Waals surface area (Å²) in [5, 5.41) is 0. The van der Waals surface area contributed by atoms with Gasteiger partial charge in [0.25, 0.3) is 0 Å². The number of benzene rings is 1. The molecular weight excluding hydrogens is 356 g/mol. The van der Waals surface area contributed by atoms with Crippen molar-refractivity contribution >= 4 is 21.6 Å². The van der Waals surface area contributed by atoms with Gasteiger partial charge in [-0.3, -0.25) is 0 Å². The third-order valence-corrected chi connectivity index (χ3v) is 5.26. The molecule has 1 fully saturated rings. The second-order valence-corrected chi connectivity index (χ2v) is 9.71. The number of anilines is 1. The maximum absolute atomic E-state index is 12.1. The molecule has 1 amide bonds. The van der Waals surface area contributed by atoms with Crippen LogP contribution in [0, 0.1) is 5.92 Å². The summed E-state index contributed by atoms with van der Waals surface area (Å²) in [7, 11) is -3.29. The second-order valence-electron chi connectivity index (χ2n) is 7.69. The molecule has 7 nitrogen and oxygen atoms in total. The summed E-state index contributed by atoms with van der Waals surface area (Å²) in [5.74, 6) is 0.787. The third-order valence-electron chi connectivity index (χ3n) is 4.15. The van der Waals surface area contributed by atoms with E-state index in [1.165, 1.54) is 12.1 Å². The molecule has 0 radical (unpaired) electrons. The average molecular weight is 384 g/mol. The number of rotatable bonds is 4. The normalized spacial score (nSPS) is 16.4. The Bertz CT molecular complexity index is 747. The molecule has 0 atom stereocenters. The Morgan fingerprint density at radius 3 is 2.38 bits per heavy atom. The molecule has 26 heavy (non-hydrogen) atoms. The molecule has 1 aromatic rings. The quantitative estimate of drug-likeness (QED) is 0.801. The molecule has 2 rings (SSSR count). The molecule has 0 aliphatic carbocycles. The van der Waals surface area contributed by atoms with E-state index in [0.29, 0.717) is 37.1 Å². The monoisotopic (exact) mass is 384 g/mol. The maximum atomic E-state index is 12.1. The lowest BCUT2D eigenvalue weighted by Crippen LogP contribution is -2.42. The van der Waals surface area contributed by atoms with Crippen LogP contribution < -0.4 is 10.5 Å². The zero-order valence-corrected chi connectivity index (χ0v) is 16.6. The number of sulfone groups is 1. The Hall–Kier alpha value is -1.96. The van der Waals surface area contributed by atoms with Gasteiger partial charge in [0.05, 0.1) is 17.2 Å². The number of ether oxygens (including phenoxy) is 2. The van der Waals surface area contributed by atoms with Crippen LogP contribution in [0.25, 0.3) is 0 Å². The SMILES string of the molecule is CC(C)(C)OC(=O)N1CCC(COc2ccc(S(C)(=O)=O)cc2N)CC1. The lowest BCUT2D eigenvalue weighted by molar-refractivity contribution is 0.0165. The van der Waals surface area contributed by atoms with Crippen LogP contribution in [-0.2, 0) is 14.6 Å². The maximum Gasteiger partial charge on any atom is 0.410 e. The zero-order chi connectivity index (χ0) is 19.5.